The third-order valence-corrected chi connectivity index (χ3v) is 5.24. The van der Waals surface area contributed by atoms with E-state index in [1.54, 1.807) is 12.3 Å². The lowest BCUT2D eigenvalue weighted by atomic mass is 10.3. The van der Waals surface area contributed by atoms with Crippen LogP contribution in [-0.4, -0.2) is 26.0 Å². The molecule has 6 nitrogen and oxygen atoms in total. The van der Waals surface area contributed by atoms with E-state index in [9.17, 15) is 13.2 Å². The number of hydrogen-bond donors (Lipinski definition) is 1. The van der Waals surface area contributed by atoms with E-state index in [-0.39, 0.29) is 33.1 Å². The number of ether oxygens (including phenoxy) is 1. The van der Waals surface area contributed by atoms with Gasteiger partial charge in [-0.15, -0.1) is 11.3 Å². The summed E-state index contributed by atoms with van der Waals surface area (Å²) in [5, 5.41) is 2.14. The Morgan fingerprint density at radius 2 is 1.96 bits per heavy atom. The summed E-state index contributed by atoms with van der Waals surface area (Å²) in [4.78, 5) is 15.4. The second kappa shape index (κ2) is 7.48. The summed E-state index contributed by atoms with van der Waals surface area (Å²) >= 11 is 12.7. The van der Waals surface area contributed by atoms with Crippen LogP contribution in [0.15, 0.2) is 28.5 Å². The van der Waals surface area contributed by atoms with Crippen LogP contribution in [0.1, 0.15) is 12.6 Å². The largest absolute Gasteiger partial charge is 0.466 e. The van der Waals surface area contributed by atoms with Crippen LogP contribution in [-0.2, 0) is 26.0 Å². The first-order valence-corrected chi connectivity index (χ1v) is 9.51. The molecule has 2 rings (SSSR count). The highest BCUT2D eigenvalue weighted by atomic mass is 35.5. The number of benzene rings is 1. The van der Waals surface area contributed by atoms with Gasteiger partial charge in [0, 0.05) is 15.4 Å². The number of esters is 1. The van der Waals surface area contributed by atoms with Crippen molar-refractivity contribution in [3.63, 3.8) is 0 Å². The highest BCUT2D eigenvalue weighted by molar-refractivity contribution is 7.93. The molecular formula is C13H12Cl2N2O4S2. The zero-order valence-corrected chi connectivity index (χ0v) is 15.0. The number of anilines is 1. The minimum Gasteiger partial charge on any atom is -0.466 e. The Balaban J connectivity index is 2.15. The van der Waals surface area contributed by atoms with Gasteiger partial charge in [0.2, 0.25) is 0 Å². The van der Waals surface area contributed by atoms with Crippen LogP contribution in [0.25, 0.3) is 0 Å². The van der Waals surface area contributed by atoms with Gasteiger partial charge in [-0.1, -0.05) is 23.2 Å². The molecular weight excluding hydrogens is 383 g/mol. The summed E-state index contributed by atoms with van der Waals surface area (Å²) in [6.45, 7) is 1.98. The van der Waals surface area contributed by atoms with Gasteiger partial charge in [0.15, 0.2) is 5.13 Å². The first-order valence-electron chi connectivity index (χ1n) is 6.39. The summed E-state index contributed by atoms with van der Waals surface area (Å²) in [7, 11) is -3.87. The Bertz CT molecular complexity index is 801. The molecule has 0 aliphatic rings. The standard InChI is InChI=1S/C13H12Cl2N2O4S2/c1-2-21-12(18)6-10-7-22-13(16-10)17-23(19,20)11-4-8(14)3-9(15)5-11/h3-5,7H,2,6H2,1H3,(H,16,17). The molecule has 0 aliphatic heterocycles. The Kier molecular flexibility index (Phi) is 5.85. The zero-order chi connectivity index (χ0) is 17.0. The predicted octanol–water partition coefficient (Wildman–Crippen LogP) is 3.36. The van der Waals surface area contributed by atoms with E-state index < -0.39 is 16.0 Å². The Morgan fingerprint density at radius 1 is 1.30 bits per heavy atom. The lowest BCUT2D eigenvalue weighted by molar-refractivity contribution is -0.142. The fourth-order valence-corrected chi connectivity index (χ4v) is 4.34. The summed E-state index contributed by atoms with van der Waals surface area (Å²) in [5.41, 5.74) is 0.426. The molecule has 10 heteroatoms. The lowest BCUT2D eigenvalue weighted by Crippen LogP contribution is -2.13. The highest BCUT2D eigenvalue weighted by Crippen LogP contribution is 2.25. The number of rotatable bonds is 6. The predicted molar refractivity (Wildman–Crippen MR) is 89.7 cm³/mol. The van der Waals surface area contributed by atoms with Gasteiger partial charge in [-0.05, 0) is 25.1 Å². The van der Waals surface area contributed by atoms with E-state index in [4.69, 9.17) is 27.9 Å². The zero-order valence-electron chi connectivity index (χ0n) is 11.9. The molecule has 23 heavy (non-hydrogen) atoms. The molecule has 2 aromatic rings. The SMILES string of the molecule is CCOC(=O)Cc1csc(NS(=O)(=O)c2cc(Cl)cc(Cl)c2)n1. The average molecular weight is 395 g/mol. The van der Waals surface area contributed by atoms with Gasteiger partial charge >= 0.3 is 5.97 Å². The van der Waals surface area contributed by atoms with Gasteiger partial charge < -0.3 is 4.74 Å². The second-order valence-corrected chi connectivity index (χ2v) is 7.75. The third kappa shape index (κ3) is 5.07. The maximum Gasteiger partial charge on any atom is 0.311 e. The van der Waals surface area contributed by atoms with E-state index in [0.717, 1.165) is 11.3 Å². The van der Waals surface area contributed by atoms with Crippen molar-refractivity contribution in [1.82, 2.24) is 4.98 Å². The lowest BCUT2D eigenvalue weighted by Gasteiger charge is -2.06. The molecule has 1 aromatic carbocycles. The van der Waals surface area contributed by atoms with E-state index in [1.807, 2.05) is 0 Å². The second-order valence-electron chi connectivity index (χ2n) is 4.34. The van der Waals surface area contributed by atoms with Crippen LogP contribution in [0.2, 0.25) is 10.0 Å². The van der Waals surface area contributed by atoms with Crippen LogP contribution in [0.4, 0.5) is 5.13 Å². The molecule has 1 N–H and O–H groups in total. The molecule has 0 aliphatic carbocycles. The molecule has 0 atom stereocenters. The molecule has 0 radical (unpaired) electrons. The maximum atomic E-state index is 12.3. The Labute approximate surface area is 147 Å². The topological polar surface area (TPSA) is 85.4 Å². The number of thiazole rings is 1. The minimum atomic E-state index is -3.87. The van der Waals surface area contributed by atoms with Crippen molar-refractivity contribution < 1.29 is 17.9 Å². The molecule has 0 saturated heterocycles. The number of halogens is 2. The number of aromatic nitrogens is 1. The molecule has 1 heterocycles. The van der Waals surface area contributed by atoms with Gasteiger partial charge in [-0.3, -0.25) is 9.52 Å². The van der Waals surface area contributed by atoms with Crippen molar-refractivity contribution >= 4 is 55.7 Å². The van der Waals surface area contributed by atoms with Gasteiger partial charge in [0.05, 0.1) is 23.6 Å². The van der Waals surface area contributed by atoms with E-state index in [0.29, 0.717) is 5.69 Å². The molecule has 0 bridgehead atoms. The van der Waals surface area contributed by atoms with E-state index >= 15 is 0 Å². The Morgan fingerprint density at radius 3 is 2.57 bits per heavy atom. The fourth-order valence-electron chi connectivity index (χ4n) is 1.65. The van der Waals surface area contributed by atoms with Crippen molar-refractivity contribution in [3.05, 3.63) is 39.3 Å². The summed E-state index contributed by atoms with van der Waals surface area (Å²) in [5.74, 6) is -0.422. The summed E-state index contributed by atoms with van der Waals surface area (Å²) < 4.78 is 31.7. The van der Waals surface area contributed by atoms with E-state index in [1.165, 1.54) is 18.2 Å². The molecule has 0 saturated carbocycles. The smallest absolute Gasteiger partial charge is 0.311 e. The van der Waals surface area contributed by atoms with Crippen molar-refractivity contribution in [2.24, 2.45) is 0 Å². The van der Waals surface area contributed by atoms with Gasteiger partial charge in [-0.2, -0.15) is 0 Å². The average Bonchev–Trinajstić information content (AvgIpc) is 2.84. The quantitative estimate of drug-likeness (QED) is 0.759. The van der Waals surface area contributed by atoms with Gasteiger partial charge in [-0.25, -0.2) is 13.4 Å². The molecule has 0 fully saturated rings. The molecule has 124 valence electrons. The van der Waals surface area contributed by atoms with Crippen molar-refractivity contribution in [1.29, 1.82) is 0 Å². The van der Waals surface area contributed by atoms with E-state index in [2.05, 4.69) is 9.71 Å². The first-order chi connectivity index (χ1) is 10.8. The number of carbonyl (C=O) groups excluding carboxylic acids is 1. The fraction of sp³-hybridized carbons (Fsp3) is 0.231. The molecule has 0 unspecified atom stereocenters. The number of hydrogen-bond acceptors (Lipinski definition) is 6. The van der Waals surface area contributed by atoms with Gasteiger partial charge in [0.25, 0.3) is 10.0 Å². The number of nitrogens with one attached hydrogen (secondary N) is 1. The third-order valence-electron chi connectivity index (χ3n) is 2.55. The monoisotopic (exact) mass is 394 g/mol. The van der Waals surface area contributed by atoms with Crippen molar-refractivity contribution in [2.45, 2.75) is 18.2 Å². The van der Waals surface area contributed by atoms with Crippen LogP contribution in [0.3, 0.4) is 0 Å². The molecule has 0 spiro atoms. The maximum absolute atomic E-state index is 12.3. The minimum absolute atomic E-state index is 0.0188. The normalized spacial score (nSPS) is 11.3. The van der Waals surface area contributed by atoms with Crippen LogP contribution in [0.5, 0.6) is 0 Å². The number of carbonyl (C=O) groups is 1. The van der Waals surface area contributed by atoms with Crippen LogP contribution in [0, 0.1) is 0 Å². The molecule has 0 amide bonds. The number of nitrogens with zero attached hydrogens (tertiary/aromatic N) is 1. The highest BCUT2D eigenvalue weighted by Gasteiger charge is 2.18. The summed E-state index contributed by atoms with van der Waals surface area (Å²) in [6, 6.07) is 3.99. The van der Waals surface area contributed by atoms with Crippen LogP contribution >= 0.6 is 34.5 Å². The van der Waals surface area contributed by atoms with Crippen LogP contribution < -0.4 is 4.72 Å². The summed E-state index contributed by atoms with van der Waals surface area (Å²) in [6.07, 6.45) is -0.0188. The van der Waals surface area contributed by atoms with Crippen molar-refractivity contribution in [2.75, 3.05) is 11.3 Å². The molecule has 1 aromatic heterocycles. The number of sulfonamides is 1. The first kappa shape index (κ1) is 18.0. The Hall–Kier alpha value is -1.35. The van der Waals surface area contributed by atoms with Gasteiger partial charge in [0.1, 0.15) is 0 Å². The van der Waals surface area contributed by atoms with Crippen molar-refractivity contribution in [3.8, 4) is 0 Å².